The van der Waals surface area contributed by atoms with Crippen molar-refractivity contribution in [3.05, 3.63) is 96.1 Å². The quantitative estimate of drug-likeness (QED) is 0.134. The molecule has 0 saturated heterocycles. The number of benzene rings is 3. The second-order valence-corrected chi connectivity index (χ2v) is 9.67. The molecule has 232 valence electrons. The molecular weight excluding hydrogens is 601 g/mol. The summed E-state index contributed by atoms with van der Waals surface area (Å²) in [5.41, 5.74) is 3.17. The van der Waals surface area contributed by atoms with Gasteiger partial charge in [0.25, 0.3) is 0 Å². The van der Waals surface area contributed by atoms with E-state index in [1.807, 2.05) is 60.7 Å². The maximum Gasteiger partial charge on any atom is 0.495 e. The standard InChI is InChI=1S/C30H29F3N4O6S/c31-30(32,33)28(41)43-42-27(40)17-24(23-13-11-22(12-14-23)21-9-5-2-6-10-21)37-26(39)19-35-25(38)15-16-34-29(44)36-18-20-7-3-1-4-8-20/h1-14,24H,15-19H2,(H,35,38)(H,37,39)(H2,34,36,44). The van der Waals surface area contributed by atoms with Gasteiger partial charge in [0.15, 0.2) is 5.11 Å². The van der Waals surface area contributed by atoms with Crippen molar-refractivity contribution in [3.8, 4) is 11.1 Å². The van der Waals surface area contributed by atoms with Crippen molar-refractivity contribution in [3.63, 3.8) is 0 Å². The Hall–Kier alpha value is -4.98. The molecule has 0 fully saturated rings. The zero-order valence-electron chi connectivity index (χ0n) is 23.2. The number of amides is 2. The molecule has 0 aliphatic rings. The molecule has 0 aromatic heterocycles. The van der Waals surface area contributed by atoms with E-state index in [0.29, 0.717) is 17.2 Å². The third-order valence-electron chi connectivity index (χ3n) is 5.95. The topological polar surface area (TPSA) is 135 Å². The molecule has 0 heterocycles. The first-order valence-corrected chi connectivity index (χ1v) is 13.7. The van der Waals surface area contributed by atoms with E-state index in [4.69, 9.17) is 12.2 Å². The number of carbonyl (C=O) groups is 4. The van der Waals surface area contributed by atoms with E-state index >= 15 is 0 Å². The minimum absolute atomic E-state index is 0.00170. The van der Waals surface area contributed by atoms with Gasteiger partial charge in [-0.05, 0) is 34.5 Å². The van der Waals surface area contributed by atoms with Gasteiger partial charge in [-0.25, -0.2) is 19.4 Å². The summed E-state index contributed by atoms with van der Waals surface area (Å²) in [7, 11) is 0. The Morgan fingerprint density at radius 2 is 1.36 bits per heavy atom. The lowest BCUT2D eigenvalue weighted by molar-refractivity contribution is -0.286. The number of hydrogen-bond acceptors (Lipinski definition) is 7. The SMILES string of the molecule is O=C(CCNC(=S)NCc1ccccc1)NCC(=O)NC(CC(=O)OOC(=O)C(F)(F)F)c1ccc(-c2ccccc2)cc1. The highest BCUT2D eigenvalue weighted by molar-refractivity contribution is 7.80. The van der Waals surface area contributed by atoms with Crippen molar-refractivity contribution in [2.45, 2.75) is 31.6 Å². The van der Waals surface area contributed by atoms with E-state index in [2.05, 4.69) is 31.0 Å². The van der Waals surface area contributed by atoms with Gasteiger partial charge in [-0.2, -0.15) is 13.2 Å². The fourth-order valence-corrected chi connectivity index (χ4v) is 3.94. The van der Waals surface area contributed by atoms with Crippen molar-refractivity contribution in [2.24, 2.45) is 0 Å². The summed E-state index contributed by atoms with van der Waals surface area (Å²) in [4.78, 5) is 55.5. The molecule has 1 atom stereocenters. The van der Waals surface area contributed by atoms with Crippen LogP contribution in [0.25, 0.3) is 11.1 Å². The van der Waals surface area contributed by atoms with Crippen molar-refractivity contribution in [1.29, 1.82) is 0 Å². The zero-order valence-corrected chi connectivity index (χ0v) is 24.0. The Morgan fingerprint density at radius 1 is 0.750 bits per heavy atom. The molecule has 4 N–H and O–H groups in total. The molecule has 44 heavy (non-hydrogen) atoms. The monoisotopic (exact) mass is 630 g/mol. The smallest absolute Gasteiger partial charge is 0.362 e. The number of alkyl halides is 3. The van der Waals surface area contributed by atoms with Crippen LogP contribution in [-0.2, 0) is 35.5 Å². The molecule has 3 aromatic carbocycles. The van der Waals surface area contributed by atoms with Crippen LogP contribution in [0.1, 0.15) is 30.0 Å². The Morgan fingerprint density at radius 3 is 2.00 bits per heavy atom. The molecule has 0 radical (unpaired) electrons. The number of thiocarbonyl (C=S) groups is 1. The molecule has 0 bridgehead atoms. The lowest BCUT2D eigenvalue weighted by Gasteiger charge is -2.19. The first-order chi connectivity index (χ1) is 21.0. The Balaban J connectivity index is 1.51. The number of hydrogen-bond donors (Lipinski definition) is 4. The molecule has 0 aliphatic heterocycles. The molecule has 14 heteroatoms. The normalized spacial score (nSPS) is 11.4. The minimum Gasteiger partial charge on any atom is -0.362 e. The average Bonchev–Trinajstić information content (AvgIpc) is 3.02. The summed E-state index contributed by atoms with van der Waals surface area (Å²) in [6.07, 6.45) is -6.03. The molecule has 0 spiro atoms. The van der Waals surface area contributed by atoms with Crippen LogP contribution < -0.4 is 21.3 Å². The van der Waals surface area contributed by atoms with Crippen LogP contribution in [0.4, 0.5) is 13.2 Å². The largest absolute Gasteiger partial charge is 0.495 e. The van der Waals surface area contributed by atoms with E-state index in [0.717, 1.165) is 16.7 Å². The van der Waals surface area contributed by atoms with E-state index in [-0.39, 0.29) is 13.0 Å². The number of rotatable bonds is 12. The van der Waals surface area contributed by atoms with E-state index in [9.17, 15) is 32.3 Å². The van der Waals surface area contributed by atoms with E-state index in [1.165, 1.54) is 0 Å². The Kier molecular flexibility index (Phi) is 12.6. The lowest BCUT2D eigenvalue weighted by Crippen LogP contribution is -2.41. The van der Waals surface area contributed by atoms with Crippen LogP contribution >= 0.6 is 12.2 Å². The van der Waals surface area contributed by atoms with Gasteiger partial charge in [-0.1, -0.05) is 84.9 Å². The molecule has 1 unspecified atom stereocenters. The van der Waals surface area contributed by atoms with Gasteiger partial charge in [0.2, 0.25) is 11.8 Å². The van der Waals surface area contributed by atoms with Crippen molar-refractivity contribution < 1.29 is 42.1 Å². The third-order valence-corrected chi connectivity index (χ3v) is 6.24. The summed E-state index contributed by atoms with van der Waals surface area (Å²) in [5.74, 6) is -5.19. The molecule has 3 rings (SSSR count). The Bertz CT molecular complexity index is 1420. The van der Waals surface area contributed by atoms with E-state index in [1.54, 1.807) is 24.3 Å². The van der Waals surface area contributed by atoms with Crippen LogP contribution in [0, 0.1) is 0 Å². The minimum atomic E-state index is -5.36. The van der Waals surface area contributed by atoms with Crippen LogP contribution in [0.2, 0.25) is 0 Å². The van der Waals surface area contributed by atoms with Gasteiger partial charge in [0, 0.05) is 19.5 Å². The second-order valence-electron chi connectivity index (χ2n) is 9.26. The predicted molar refractivity (Wildman–Crippen MR) is 157 cm³/mol. The van der Waals surface area contributed by atoms with Gasteiger partial charge in [0.1, 0.15) is 0 Å². The van der Waals surface area contributed by atoms with Gasteiger partial charge in [-0.3, -0.25) is 9.59 Å². The highest BCUT2D eigenvalue weighted by atomic mass is 32.1. The van der Waals surface area contributed by atoms with Gasteiger partial charge in [-0.15, -0.1) is 0 Å². The predicted octanol–water partition coefficient (Wildman–Crippen LogP) is 3.64. The van der Waals surface area contributed by atoms with Gasteiger partial charge < -0.3 is 21.3 Å². The molecule has 3 aromatic rings. The van der Waals surface area contributed by atoms with Crippen molar-refractivity contribution in [2.75, 3.05) is 13.1 Å². The van der Waals surface area contributed by atoms with Crippen molar-refractivity contribution >= 4 is 41.1 Å². The average molecular weight is 631 g/mol. The summed E-state index contributed by atoms with van der Waals surface area (Å²) in [6, 6.07) is 24.5. The highest BCUT2D eigenvalue weighted by Crippen LogP contribution is 2.24. The maximum absolute atomic E-state index is 12.6. The molecule has 0 aliphatic carbocycles. The first kappa shape index (κ1) is 33.5. The zero-order chi connectivity index (χ0) is 32.0. The van der Waals surface area contributed by atoms with Crippen molar-refractivity contribution in [1.82, 2.24) is 21.3 Å². The van der Waals surface area contributed by atoms with Crippen LogP contribution in [0.15, 0.2) is 84.9 Å². The lowest BCUT2D eigenvalue weighted by atomic mass is 9.99. The van der Waals surface area contributed by atoms with Crippen LogP contribution in [-0.4, -0.2) is 48.1 Å². The van der Waals surface area contributed by atoms with E-state index < -0.39 is 48.9 Å². The summed E-state index contributed by atoms with van der Waals surface area (Å²) in [5, 5.41) is 11.2. The number of nitrogens with one attached hydrogen (secondary N) is 4. The fourth-order valence-electron chi connectivity index (χ4n) is 3.77. The second kappa shape index (κ2) is 16.6. The molecule has 10 nitrogen and oxygen atoms in total. The molecule has 2 amide bonds. The number of halogens is 3. The fraction of sp³-hybridized carbons (Fsp3) is 0.233. The number of carbonyl (C=O) groups excluding carboxylic acids is 4. The molecular formula is C30H29F3N4O6S. The summed E-state index contributed by atoms with van der Waals surface area (Å²) in [6.45, 7) is 0.257. The van der Waals surface area contributed by atoms with Gasteiger partial charge in [0.05, 0.1) is 19.0 Å². The van der Waals surface area contributed by atoms with Crippen LogP contribution in [0.3, 0.4) is 0 Å². The first-order valence-electron chi connectivity index (χ1n) is 13.3. The van der Waals surface area contributed by atoms with Gasteiger partial charge >= 0.3 is 18.1 Å². The molecule has 0 saturated carbocycles. The maximum atomic E-state index is 12.6. The third kappa shape index (κ3) is 11.7. The highest BCUT2D eigenvalue weighted by Gasteiger charge is 2.43. The summed E-state index contributed by atoms with van der Waals surface area (Å²) >= 11 is 5.19. The Labute approximate surface area is 256 Å². The van der Waals surface area contributed by atoms with Crippen LogP contribution in [0.5, 0.6) is 0 Å². The summed E-state index contributed by atoms with van der Waals surface area (Å²) < 4.78 is 37.1.